The maximum absolute atomic E-state index is 12.2. The minimum atomic E-state index is -0.537. The normalized spacial score (nSPS) is 11.8. The van der Waals surface area contributed by atoms with Crippen LogP contribution in [0.5, 0.6) is 5.75 Å². The number of nitrogens with one attached hydrogen (secondary N) is 3. The fraction of sp³-hybridized carbons (Fsp3) is 0.364. The molecule has 2 aromatic rings. The first-order chi connectivity index (χ1) is 14.1. The summed E-state index contributed by atoms with van der Waals surface area (Å²) in [7, 11) is 1.57. The van der Waals surface area contributed by atoms with Crippen LogP contribution in [0.15, 0.2) is 59.6 Å². The molecule has 1 atom stereocenters. The van der Waals surface area contributed by atoms with Crippen LogP contribution in [0.3, 0.4) is 0 Å². The summed E-state index contributed by atoms with van der Waals surface area (Å²) in [5, 5.41) is 19.4. The van der Waals surface area contributed by atoms with Crippen molar-refractivity contribution in [2.24, 2.45) is 4.99 Å². The van der Waals surface area contributed by atoms with E-state index in [0.29, 0.717) is 43.3 Å². The number of carbonyl (C=O) groups excluding carboxylic acids is 1. The van der Waals surface area contributed by atoms with Crippen molar-refractivity contribution in [3.05, 3.63) is 65.7 Å². The first-order valence-electron chi connectivity index (χ1n) is 9.81. The van der Waals surface area contributed by atoms with Crippen molar-refractivity contribution in [1.82, 2.24) is 16.0 Å². The molecule has 7 nitrogen and oxygen atoms in total. The Balaban J connectivity index is 0.00000450. The molecule has 0 aliphatic carbocycles. The molecule has 0 fully saturated rings. The lowest BCUT2D eigenvalue weighted by Crippen LogP contribution is -2.41. The van der Waals surface area contributed by atoms with Gasteiger partial charge in [-0.25, -0.2) is 0 Å². The molecule has 8 heteroatoms. The summed E-state index contributed by atoms with van der Waals surface area (Å²) in [5.41, 5.74) is 1.45. The van der Waals surface area contributed by atoms with Gasteiger partial charge in [0.05, 0.1) is 13.2 Å². The topological polar surface area (TPSA) is 95.0 Å². The Labute approximate surface area is 195 Å². The zero-order chi connectivity index (χ0) is 20.9. The van der Waals surface area contributed by atoms with E-state index in [-0.39, 0.29) is 29.9 Å². The monoisotopic (exact) mass is 526 g/mol. The van der Waals surface area contributed by atoms with Gasteiger partial charge in [0, 0.05) is 31.7 Å². The summed E-state index contributed by atoms with van der Waals surface area (Å²) in [6, 6.07) is 16.6. The highest BCUT2D eigenvalue weighted by molar-refractivity contribution is 14.0. The summed E-state index contributed by atoms with van der Waals surface area (Å²) < 4.78 is 5.14. The molecule has 0 aliphatic heterocycles. The third kappa shape index (κ3) is 9.00. The van der Waals surface area contributed by atoms with E-state index in [9.17, 15) is 9.90 Å². The van der Waals surface area contributed by atoms with Gasteiger partial charge in [-0.05, 0) is 37.1 Å². The van der Waals surface area contributed by atoms with E-state index >= 15 is 0 Å². The number of benzene rings is 2. The molecule has 0 aromatic heterocycles. The van der Waals surface area contributed by atoms with Crippen LogP contribution in [0.4, 0.5) is 0 Å². The number of nitrogens with zero attached hydrogens (tertiary/aromatic N) is 1. The van der Waals surface area contributed by atoms with E-state index in [1.807, 2.05) is 37.3 Å². The summed E-state index contributed by atoms with van der Waals surface area (Å²) in [6.07, 6.45) is -0.00217. The summed E-state index contributed by atoms with van der Waals surface area (Å²) in [4.78, 5) is 16.7. The summed E-state index contributed by atoms with van der Waals surface area (Å²) in [6.45, 7) is 4.18. The highest BCUT2D eigenvalue weighted by Gasteiger charge is 2.07. The van der Waals surface area contributed by atoms with Gasteiger partial charge < -0.3 is 25.8 Å². The van der Waals surface area contributed by atoms with Crippen molar-refractivity contribution < 1.29 is 14.6 Å². The fourth-order valence-corrected chi connectivity index (χ4v) is 2.71. The summed E-state index contributed by atoms with van der Waals surface area (Å²) in [5.74, 6) is 1.15. The quantitative estimate of drug-likeness (QED) is 0.165. The lowest BCUT2D eigenvalue weighted by atomic mass is 10.1. The van der Waals surface area contributed by atoms with Gasteiger partial charge in [0.1, 0.15) is 5.75 Å². The zero-order valence-electron chi connectivity index (χ0n) is 17.4. The van der Waals surface area contributed by atoms with Gasteiger partial charge in [-0.3, -0.25) is 9.79 Å². The van der Waals surface area contributed by atoms with E-state index in [0.717, 1.165) is 12.1 Å². The molecule has 0 heterocycles. The van der Waals surface area contributed by atoms with Crippen LogP contribution in [0.1, 0.15) is 35.4 Å². The third-order valence-corrected chi connectivity index (χ3v) is 4.24. The van der Waals surface area contributed by atoms with Gasteiger partial charge in [0.2, 0.25) is 0 Å². The largest absolute Gasteiger partial charge is 0.497 e. The average molecular weight is 526 g/mol. The number of ether oxygens (including phenoxy) is 1. The van der Waals surface area contributed by atoms with Crippen molar-refractivity contribution in [3.8, 4) is 5.75 Å². The standard InChI is InChI=1S/C22H30N4O3.HI/c1-3-23-22(25-13-12-20(27)17-8-5-4-6-9-17)26-15-14-24-21(28)18-10-7-11-19(16-18)29-2;/h4-11,16,20,27H,3,12-15H2,1-2H3,(H,24,28)(H2,23,25,26);1H. The molecule has 0 radical (unpaired) electrons. The highest BCUT2D eigenvalue weighted by Crippen LogP contribution is 2.15. The van der Waals surface area contributed by atoms with Gasteiger partial charge in [0.15, 0.2) is 5.96 Å². The average Bonchev–Trinajstić information content (AvgIpc) is 2.77. The number of halogens is 1. The Morgan fingerprint density at radius 2 is 1.80 bits per heavy atom. The predicted octanol–water partition coefficient (Wildman–Crippen LogP) is 2.72. The minimum Gasteiger partial charge on any atom is -0.497 e. The number of hydrogen-bond donors (Lipinski definition) is 4. The number of amides is 1. The number of rotatable bonds is 10. The van der Waals surface area contributed by atoms with Gasteiger partial charge in [-0.2, -0.15) is 0 Å². The number of methoxy groups -OCH3 is 1. The van der Waals surface area contributed by atoms with Gasteiger partial charge in [0.25, 0.3) is 5.91 Å². The predicted molar refractivity (Wildman–Crippen MR) is 131 cm³/mol. The van der Waals surface area contributed by atoms with Crippen LogP contribution >= 0.6 is 24.0 Å². The Hall–Kier alpha value is -2.33. The lowest BCUT2D eigenvalue weighted by Gasteiger charge is -2.13. The van der Waals surface area contributed by atoms with Gasteiger partial charge >= 0.3 is 0 Å². The zero-order valence-corrected chi connectivity index (χ0v) is 19.8. The van der Waals surface area contributed by atoms with Crippen molar-refractivity contribution >= 4 is 35.8 Å². The molecule has 164 valence electrons. The lowest BCUT2D eigenvalue weighted by molar-refractivity contribution is 0.0954. The second-order valence-electron chi connectivity index (χ2n) is 6.39. The molecule has 0 bridgehead atoms. The van der Waals surface area contributed by atoms with Crippen LogP contribution in [-0.4, -0.2) is 50.3 Å². The van der Waals surface area contributed by atoms with Crippen LogP contribution < -0.4 is 20.7 Å². The third-order valence-electron chi connectivity index (χ3n) is 4.24. The summed E-state index contributed by atoms with van der Waals surface area (Å²) >= 11 is 0. The minimum absolute atomic E-state index is 0. The van der Waals surface area contributed by atoms with Crippen LogP contribution in [0, 0.1) is 0 Å². The van der Waals surface area contributed by atoms with Crippen molar-refractivity contribution in [1.29, 1.82) is 0 Å². The van der Waals surface area contributed by atoms with E-state index in [2.05, 4.69) is 20.9 Å². The van der Waals surface area contributed by atoms with Crippen LogP contribution in [0.2, 0.25) is 0 Å². The molecule has 1 unspecified atom stereocenters. The first-order valence-corrected chi connectivity index (χ1v) is 9.81. The molecule has 1 amide bonds. The number of hydrogen-bond acceptors (Lipinski definition) is 4. The van der Waals surface area contributed by atoms with Gasteiger partial charge in [-0.1, -0.05) is 36.4 Å². The highest BCUT2D eigenvalue weighted by atomic mass is 127. The molecular weight excluding hydrogens is 495 g/mol. The molecule has 2 rings (SSSR count). The molecule has 0 aliphatic rings. The van der Waals surface area contributed by atoms with Crippen molar-refractivity contribution in [2.75, 3.05) is 33.3 Å². The maximum Gasteiger partial charge on any atom is 0.251 e. The Morgan fingerprint density at radius 3 is 2.50 bits per heavy atom. The number of aliphatic imine (C=N–C) groups is 1. The second-order valence-corrected chi connectivity index (χ2v) is 6.39. The van der Waals surface area contributed by atoms with E-state index in [4.69, 9.17) is 4.74 Å². The first kappa shape index (κ1) is 25.7. The number of aliphatic hydroxyl groups is 1. The fourth-order valence-electron chi connectivity index (χ4n) is 2.71. The molecule has 0 spiro atoms. The number of carbonyl (C=O) groups is 1. The molecule has 2 aromatic carbocycles. The molecular formula is C22H31IN4O3. The van der Waals surface area contributed by atoms with Crippen molar-refractivity contribution in [3.63, 3.8) is 0 Å². The Kier molecular flexibility index (Phi) is 12.5. The van der Waals surface area contributed by atoms with E-state index in [1.165, 1.54) is 0 Å². The van der Waals surface area contributed by atoms with Gasteiger partial charge in [-0.15, -0.1) is 24.0 Å². The van der Waals surface area contributed by atoms with E-state index < -0.39 is 6.10 Å². The van der Waals surface area contributed by atoms with E-state index in [1.54, 1.807) is 31.4 Å². The molecule has 0 saturated heterocycles. The molecule has 4 N–H and O–H groups in total. The Bertz CT molecular complexity index is 787. The number of guanidine groups is 1. The number of aliphatic hydroxyl groups excluding tert-OH is 1. The smallest absolute Gasteiger partial charge is 0.251 e. The second kappa shape index (κ2) is 14.6. The van der Waals surface area contributed by atoms with Crippen LogP contribution in [0.25, 0.3) is 0 Å². The maximum atomic E-state index is 12.2. The molecule has 30 heavy (non-hydrogen) atoms. The molecule has 0 saturated carbocycles. The van der Waals surface area contributed by atoms with Crippen LogP contribution in [-0.2, 0) is 0 Å². The Morgan fingerprint density at radius 1 is 1.07 bits per heavy atom. The van der Waals surface area contributed by atoms with Crippen molar-refractivity contribution in [2.45, 2.75) is 19.4 Å². The SMILES string of the molecule is CCNC(=NCCC(O)c1ccccc1)NCCNC(=O)c1cccc(OC)c1.I.